The molecule has 0 bridgehead atoms. The summed E-state index contributed by atoms with van der Waals surface area (Å²) < 4.78 is 5.27. The van der Waals surface area contributed by atoms with Crippen LogP contribution in [0, 0.1) is 11.8 Å². The van der Waals surface area contributed by atoms with Crippen molar-refractivity contribution >= 4 is 11.8 Å². The maximum Gasteiger partial charge on any atom is 0.260 e. The Morgan fingerprint density at radius 2 is 2.33 bits per heavy atom. The number of hydrogen-bond acceptors (Lipinski definition) is 4. The maximum atomic E-state index is 11.9. The number of nitrogens with zero attached hydrogens (tertiary/aromatic N) is 2. The Hall–Kier alpha value is -1.10. The van der Waals surface area contributed by atoms with Crippen molar-refractivity contribution in [3.63, 3.8) is 0 Å². The standard InChI is InChI=1S/C10H17N3O2/c1-6-4-5-11-8-7(6)9(15-3)12-13(2)10(8)14/h6-8,11H,4-5H2,1-3H3. The van der Waals surface area contributed by atoms with Crippen molar-refractivity contribution in [2.24, 2.45) is 16.9 Å². The molecule has 0 saturated carbocycles. The van der Waals surface area contributed by atoms with E-state index in [2.05, 4.69) is 17.3 Å². The molecule has 0 aromatic heterocycles. The first-order valence-electron chi connectivity index (χ1n) is 5.28. The van der Waals surface area contributed by atoms with E-state index in [-0.39, 0.29) is 17.9 Å². The van der Waals surface area contributed by atoms with Crippen LogP contribution in [0.3, 0.4) is 0 Å². The molecule has 1 N–H and O–H groups in total. The fourth-order valence-electron chi connectivity index (χ4n) is 2.37. The minimum absolute atomic E-state index is 0.0346. The van der Waals surface area contributed by atoms with Crippen LogP contribution >= 0.6 is 0 Å². The molecule has 3 atom stereocenters. The molecule has 0 aliphatic carbocycles. The number of likely N-dealkylation sites (N-methyl/N-ethyl adjacent to an activating group) is 1. The summed E-state index contributed by atoms with van der Waals surface area (Å²) in [4.78, 5) is 11.9. The molecule has 1 fully saturated rings. The van der Waals surface area contributed by atoms with Gasteiger partial charge in [0, 0.05) is 7.05 Å². The highest BCUT2D eigenvalue weighted by atomic mass is 16.5. The van der Waals surface area contributed by atoms with Crippen LogP contribution in [-0.2, 0) is 9.53 Å². The van der Waals surface area contributed by atoms with E-state index in [1.165, 1.54) is 5.01 Å². The lowest BCUT2D eigenvalue weighted by Gasteiger charge is -2.40. The summed E-state index contributed by atoms with van der Waals surface area (Å²) in [5, 5.41) is 8.76. The van der Waals surface area contributed by atoms with E-state index in [9.17, 15) is 4.79 Å². The fourth-order valence-corrected chi connectivity index (χ4v) is 2.37. The van der Waals surface area contributed by atoms with Crippen molar-refractivity contribution in [3.05, 3.63) is 0 Å². The Morgan fingerprint density at radius 3 is 3.00 bits per heavy atom. The molecule has 15 heavy (non-hydrogen) atoms. The van der Waals surface area contributed by atoms with E-state index in [0.29, 0.717) is 11.8 Å². The predicted octanol–water partition coefficient (Wildman–Crippen LogP) is 0.0325. The van der Waals surface area contributed by atoms with Crippen LogP contribution in [0.5, 0.6) is 0 Å². The zero-order chi connectivity index (χ0) is 11.0. The maximum absolute atomic E-state index is 11.9. The summed E-state index contributed by atoms with van der Waals surface area (Å²) in [6, 6.07) is -0.161. The molecule has 3 unspecified atom stereocenters. The van der Waals surface area contributed by atoms with Gasteiger partial charge >= 0.3 is 0 Å². The second-order valence-corrected chi connectivity index (χ2v) is 4.23. The molecule has 5 heteroatoms. The highest BCUT2D eigenvalue weighted by molar-refractivity contribution is 5.94. The van der Waals surface area contributed by atoms with Crippen molar-refractivity contribution < 1.29 is 9.53 Å². The molecule has 5 nitrogen and oxygen atoms in total. The average molecular weight is 211 g/mol. The quantitative estimate of drug-likeness (QED) is 0.615. The van der Waals surface area contributed by atoms with E-state index in [1.54, 1.807) is 14.2 Å². The van der Waals surface area contributed by atoms with Gasteiger partial charge in [-0.05, 0) is 18.9 Å². The van der Waals surface area contributed by atoms with Gasteiger partial charge in [-0.15, -0.1) is 5.10 Å². The Labute approximate surface area is 89.5 Å². The first-order chi connectivity index (χ1) is 7.15. The minimum atomic E-state index is -0.161. The highest BCUT2D eigenvalue weighted by Crippen LogP contribution is 2.29. The number of hydrazone groups is 1. The molecule has 2 heterocycles. The van der Waals surface area contributed by atoms with Gasteiger partial charge in [0.1, 0.15) is 6.04 Å². The van der Waals surface area contributed by atoms with Crippen molar-refractivity contribution in [3.8, 4) is 0 Å². The molecule has 2 rings (SSSR count). The second-order valence-electron chi connectivity index (χ2n) is 4.23. The number of piperidine rings is 1. The third-order valence-corrected chi connectivity index (χ3v) is 3.26. The number of nitrogens with one attached hydrogen (secondary N) is 1. The Balaban J connectivity index is 2.33. The summed E-state index contributed by atoms with van der Waals surface area (Å²) in [6.07, 6.45) is 1.06. The molecule has 0 aromatic rings. The number of fused-ring (bicyclic) bond motifs is 1. The normalized spacial score (nSPS) is 35.9. The molecule has 2 aliphatic rings. The summed E-state index contributed by atoms with van der Waals surface area (Å²) in [5.41, 5.74) is 0. The number of methoxy groups -OCH3 is 1. The van der Waals surface area contributed by atoms with E-state index < -0.39 is 0 Å². The van der Waals surface area contributed by atoms with Gasteiger partial charge in [-0.1, -0.05) is 6.92 Å². The topological polar surface area (TPSA) is 53.9 Å². The first kappa shape index (κ1) is 10.4. The molecule has 1 saturated heterocycles. The van der Waals surface area contributed by atoms with Gasteiger partial charge in [0.15, 0.2) is 0 Å². The molecule has 0 spiro atoms. The SMILES string of the molecule is COC1=NN(C)C(=O)C2NCCC(C)C12. The van der Waals surface area contributed by atoms with Gasteiger partial charge in [0.25, 0.3) is 5.91 Å². The predicted molar refractivity (Wildman–Crippen MR) is 56.3 cm³/mol. The first-order valence-corrected chi connectivity index (χ1v) is 5.28. The smallest absolute Gasteiger partial charge is 0.260 e. The van der Waals surface area contributed by atoms with Crippen LogP contribution in [0.2, 0.25) is 0 Å². The molecule has 0 aromatic carbocycles. The van der Waals surface area contributed by atoms with Gasteiger partial charge in [-0.3, -0.25) is 4.79 Å². The van der Waals surface area contributed by atoms with Crippen LogP contribution in [0.1, 0.15) is 13.3 Å². The van der Waals surface area contributed by atoms with Crippen molar-refractivity contribution in [2.45, 2.75) is 19.4 Å². The summed E-state index contributed by atoms with van der Waals surface area (Å²) in [7, 11) is 3.28. The van der Waals surface area contributed by atoms with Gasteiger partial charge in [0.2, 0.25) is 5.90 Å². The van der Waals surface area contributed by atoms with Crippen LogP contribution in [0.4, 0.5) is 0 Å². The lowest BCUT2D eigenvalue weighted by Crippen LogP contribution is -2.59. The summed E-state index contributed by atoms with van der Waals surface area (Å²) in [5.74, 6) is 1.23. The second kappa shape index (κ2) is 3.81. The molecule has 84 valence electrons. The van der Waals surface area contributed by atoms with E-state index in [1.807, 2.05) is 0 Å². The molecule has 2 aliphatic heterocycles. The Kier molecular flexibility index (Phi) is 2.65. The average Bonchev–Trinajstić information content (AvgIpc) is 2.23. The number of ether oxygens (including phenoxy) is 1. The monoisotopic (exact) mass is 211 g/mol. The fraction of sp³-hybridized carbons (Fsp3) is 0.800. The molecule has 0 radical (unpaired) electrons. The van der Waals surface area contributed by atoms with Crippen LogP contribution < -0.4 is 5.32 Å². The van der Waals surface area contributed by atoms with Crippen molar-refractivity contribution in [1.82, 2.24) is 10.3 Å². The zero-order valence-electron chi connectivity index (χ0n) is 9.36. The summed E-state index contributed by atoms with van der Waals surface area (Å²) in [6.45, 7) is 3.03. The van der Waals surface area contributed by atoms with E-state index in [0.717, 1.165) is 13.0 Å². The third-order valence-electron chi connectivity index (χ3n) is 3.26. The Bertz CT molecular complexity index is 303. The number of carbonyl (C=O) groups excluding carboxylic acids is 1. The van der Waals surface area contributed by atoms with Gasteiger partial charge in [-0.2, -0.15) is 0 Å². The van der Waals surface area contributed by atoms with Gasteiger partial charge in [0.05, 0.1) is 13.0 Å². The molecule has 1 amide bonds. The largest absolute Gasteiger partial charge is 0.483 e. The van der Waals surface area contributed by atoms with Crippen molar-refractivity contribution in [1.29, 1.82) is 0 Å². The minimum Gasteiger partial charge on any atom is -0.483 e. The van der Waals surface area contributed by atoms with Crippen LogP contribution in [-0.4, -0.2) is 43.6 Å². The zero-order valence-corrected chi connectivity index (χ0v) is 9.36. The molecular weight excluding hydrogens is 194 g/mol. The van der Waals surface area contributed by atoms with Gasteiger partial charge in [-0.25, -0.2) is 5.01 Å². The van der Waals surface area contributed by atoms with Crippen LogP contribution in [0.25, 0.3) is 0 Å². The lowest BCUT2D eigenvalue weighted by atomic mass is 9.80. The highest BCUT2D eigenvalue weighted by Gasteiger charge is 2.43. The number of rotatable bonds is 0. The Morgan fingerprint density at radius 1 is 1.60 bits per heavy atom. The van der Waals surface area contributed by atoms with E-state index in [4.69, 9.17) is 4.74 Å². The third kappa shape index (κ3) is 1.61. The lowest BCUT2D eigenvalue weighted by molar-refractivity contribution is -0.135. The van der Waals surface area contributed by atoms with Crippen molar-refractivity contribution in [2.75, 3.05) is 20.7 Å². The van der Waals surface area contributed by atoms with E-state index >= 15 is 0 Å². The summed E-state index contributed by atoms with van der Waals surface area (Å²) >= 11 is 0. The molecular formula is C10H17N3O2. The number of carbonyl (C=O) groups is 1. The van der Waals surface area contributed by atoms with Gasteiger partial charge < -0.3 is 10.1 Å². The number of hydrogen-bond donors (Lipinski definition) is 1. The number of amides is 1. The van der Waals surface area contributed by atoms with Crippen LogP contribution in [0.15, 0.2) is 5.10 Å².